The van der Waals surface area contributed by atoms with Crippen molar-refractivity contribution in [1.29, 1.82) is 0 Å². The van der Waals surface area contributed by atoms with Crippen LogP contribution in [0.4, 0.5) is 0 Å². The first-order valence-corrected chi connectivity index (χ1v) is 10.2. The molecule has 3 heterocycles. The summed E-state index contributed by atoms with van der Waals surface area (Å²) in [6, 6.07) is 12.4. The third kappa shape index (κ3) is 3.59. The van der Waals surface area contributed by atoms with Gasteiger partial charge in [0.15, 0.2) is 4.80 Å². The van der Waals surface area contributed by atoms with Crippen molar-refractivity contribution < 1.29 is 13.9 Å². The predicted octanol–water partition coefficient (Wildman–Crippen LogP) is 2.87. The average molecular weight is 420 g/mol. The van der Waals surface area contributed by atoms with Crippen LogP contribution >= 0.6 is 11.3 Å². The molecule has 30 heavy (non-hydrogen) atoms. The highest BCUT2D eigenvalue weighted by Crippen LogP contribution is 2.30. The molecule has 1 unspecified atom stereocenters. The van der Waals surface area contributed by atoms with E-state index in [9.17, 15) is 9.59 Å². The molecule has 1 atom stereocenters. The quantitative estimate of drug-likeness (QED) is 0.470. The Kier molecular flexibility index (Phi) is 5.37. The first-order valence-electron chi connectivity index (χ1n) is 9.41. The van der Waals surface area contributed by atoms with Gasteiger partial charge < -0.3 is 9.15 Å². The van der Waals surface area contributed by atoms with Crippen LogP contribution in [0.25, 0.3) is 6.08 Å². The van der Waals surface area contributed by atoms with Gasteiger partial charge in [-0.2, -0.15) is 0 Å². The van der Waals surface area contributed by atoms with Crippen molar-refractivity contribution >= 4 is 23.4 Å². The molecule has 1 aliphatic rings. The lowest BCUT2D eigenvalue weighted by Gasteiger charge is -2.24. The standard InChI is InChI=1S/C23H20N2O4S/c1-4-12-28-22(27)19-15(3)24-23-25(20(19)16-8-6-5-7-9-16)21(26)18(30-23)13-17-11-10-14(2)29-17/h4-11,13,20H,1,12H2,2-3H3. The molecule has 152 valence electrons. The number of allylic oxidation sites excluding steroid dienone is 1. The summed E-state index contributed by atoms with van der Waals surface area (Å²) in [4.78, 5) is 31.3. The topological polar surface area (TPSA) is 73.8 Å². The molecule has 0 N–H and O–H groups in total. The van der Waals surface area contributed by atoms with Crippen molar-refractivity contribution in [2.45, 2.75) is 19.9 Å². The Morgan fingerprint density at radius 1 is 1.27 bits per heavy atom. The molecule has 2 aromatic heterocycles. The van der Waals surface area contributed by atoms with Crippen molar-refractivity contribution in [2.75, 3.05) is 6.61 Å². The third-order valence-corrected chi connectivity index (χ3v) is 5.71. The molecule has 0 saturated carbocycles. The molecule has 1 aromatic carbocycles. The molecule has 4 rings (SSSR count). The number of furan rings is 1. The fraction of sp³-hybridized carbons (Fsp3) is 0.174. The van der Waals surface area contributed by atoms with E-state index in [1.807, 2.05) is 49.4 Å². The maximum Gasteiger partial charge on any atom is 0.338 e. The minimum absolute atomic E-state index is 0.0827. The predicted molar refractivity (Wildman–Crippen MR) is 115 cm³/mol. The molecule has 3 aromatic rings. The van der Waals surface area contributed by atoms with Crippen LogP contribution in [0.15, 0.2) is 80.6 Å². The number of nitrogens with zero attached hydrogens (tertiary/aromatic N) is 2. The van der Waals surface area contributed by atoms with Gasteiger partial charge in [0, 0.05) is 6.08 Å². The molecule has 0 saturated heterocycles. The van der Waals surface area contributed by atoms with E-state index < -0.39 is 12.0 Å². The molecular formula is C23H20N2O4S. The summed E-state index contributed by atoms with van der Waals surface area (Å²) in [7, 11) is 0. The Bertz CT molecular complexity index is 1330. The number of hydrogen-bond acceptors (Lipinski definition) is 6. The number of rotatable bonds is 5. The number of carbonyl (C=O) groups is 1. The zero-order valence-electron chi connectivity index (χ0n) is 16.6. The number of carbonyl (C=O) groups excluding carboxylic acids is 1. The van der Waals surface area contributed by atoms with E-state index in [2.05, 4.69) is 11.6 Å². The first kappa shape index (κ1) is 19.8. The van der Waals surface area contributed by atoms with Gasteiger partial charge in [-0.05, 0) is 31.5 Å². The Labute approximate surface area is 176 Å². The summed E-state index contributed by atoms with van der Waals surface area (Å²) < 4.78 is 12.9. The zero-order chi connectivity index (χ0) is 21.3. The molecule has 7 heteroatoms. The number of esters is 1. The largest absolute Gasteiger partial charge is 0.462 e. The number of aryl methyl sites for hydroxylation is 1. The van der Waals surface area contributed by atoms with Crippen molar-refractivity contribution in [3.05, 3.63) is 103 Å². The van der Waals surface area contributed by atoms with E-state index in [1.54, 1.807) is 17.6 Å². The first-order chi connectivity index (χ1) is 14.5. The normalized spacial score (nSPS) is 16.2. The summed E-state index contributed by atoms with van der Waals surface area (Å²) >= 11 is 1.27. The molecule has 0 radical (unpaired) electrons. The van der Waals surface area contributed by atoms with E-state index in [-0.39, 0.29) is 12.2 Å². The summed E-state index contributed by atoms with van der Waals surface area (Å²) in [5, 5.41) is 0. The van der Waals surface area contributed by atoms with Crippen LogP contribution in [0.2, 0.25) is 0 Å². The highest BCUT2D eigenvalue weighted by atomic mass is 32.1. The van der Waals surface area contributed by atoms with E-state index in [1.165, 1.54) is 17.4 Å². The number of benzene rings is 1. The van der Waals surface area contributed by atoms with Crippen LogP contribution in [0.5, 0.6) is 0 Å². The van der Waals surface area contributed by atoms with Gasteiger partial charge in [0.1, 0.15) is 18.1 Å². The second-order valence-corrected chi connectivity index (χ2v) is 7.84. The molecule has 0 amide bonds. The lowest BCUT2D eigenvalue weighted by molar-refractivity contribution is -0.138. The Hall–Kier alpha value is -3.45. The maximum atomic E-state index is 13.3. The van der Waals surface area contributed by atoms with Crippen molar-refractivity contribution in [2.24, 2.45) is 4.99 Å². The zero-order valence-corrected chi connectivity index (χ0v) is 17.4. The third-order valence-electron chi connectivity index (χ3n) is 4.72. The summed E-state index contributed by atoms with van der Waals surface area (Å²) in [6.45, 7) is 7.27. The van der Waals surface area contributed by atoms with Gasteiger partial charge in [-0.3, -0.25) is 9.36 Å². The Morgan fingerprint density at radius 3 is 2.70 bits per heavy atom. The van der Waals surface area contributed by atoms with E-state index in [0.29, 0.717) is 26.4 Å². The molecule has 0 aliphatic carbocycles. The van der Waals surface area contributed by atoms with Gasteiger partial charge in [-0.1, -0.05) is 54.3 Å². The number of ether oxygens (including phenoxy) is 1. The molecule has 1 aliphatic heterocycles. The fourth-order valence-corrected chi connectivity index (χ4v) is 4.43. The van der Waals surface area contributed by atoms with Crippen molar-refractivity contribution in [3.63, 3.8) is 0 Å². The minimum atomic E-state index is -0.625. The van der Waals surface area contributed by atoms with Gasteiger partial charge in [-0.15, -0.1) is 0 Å². The SMILES string of the molecule is C=CCOC(=O)C1=C(C)N=c2sc(=Cc3ccc(C)o3)c(=O)n2C1c1ccccc1. The van der Waals surface area contributed by atoms with Crippen LogP contribution in [0.3, 0.4) is 0 Å². The summed E-state index contributed by atoms with van der Waals surface area (Å²) in [6.07, 6.45) is 3.21. The van der Waals surface area contributed by atoms with Crippen LogP contribution in [-0.4, -0.2) is 17.1 Å². The van der Waals surface area contributed by atoms with Crippen LogP contribution in [-0.2, 0) is 9.53 Å². The summed E-state index contributed by atoms with van der Waals surface area (Å²) in [5.74, 6) is 0.843. The smallest absolute Gasteiger partial charge is 0.338 e. The fourth-order valence-electron chi connectivity index (χ4n) is 3.41. The highest BCUT2D eigenvalue weighted by Gasteiger charge is 2.33. The van der Waals surface area contributed by atoms with Gasteiger partial charge in [-0.25, -0.2) is 9.79 Å². The van der Waals surface area contributed by atoms with Crippen LogP contribution < -0.4 is 14.9 Å². The van der Waals surface area contributed by atoms with E-state index in [0.717, 1.165) is 11.3 Å². The van der Waals surface area contributed by atoms with E-state index in [4.69, 9.17) is 9.15 Å². The second kappa shape index (κ2) is 8.12. The maximum absolute atomic E-state index is 13.3. The number of fused-ring (bicyclic) bond motifs is 1. The van der Waals surface area contributed by atoms with Gasteiger partial charge in [0.25, 0.3) is 5.56 Å². The molecular weight excluding hydrogens is 400 g/mol. The monoisotopic (exact) mass is 420 g/mol. The number of aromatic nitrogens is 1. The highest BCUT2D eigenvalue weighted by molar-refractivity contribution is 7.07. The molecule has 0 spiro atoms. The van der Waals surface area contributed by atoms with Crippen LogP contribution in [0.1, 0.15) is 30.0 Å². The van der Waals surface area contributed by atoms with Crippen molar-refractivity contribution in [3.8, 4) is 0 Å². The van der Waals surface area contributed by atoms with E-state index >= 15 is 0 Å². The number of thiazole rings is 1. The Morgan fingerprint density at radius 2 is 2.03 bits per heavy atom. The van der Waals surface area contributed by atoms with Crippen molar-refractivity contribution in [1.82, 2.24) is 4.57 Å². The minimum Gasteiger partial charge on any atom is -0.462 e. The molecule has 6 nitrogen and oxygen atoms in total. The number of hydrogen-bond donors (Lipinski definition) is 0. The summed E-state index contributed by atoms with van der Waals surface area (Å²) in [5.41, 5.74) is 1.44. The van der Waals surface area contributed by atoms with Crippen LogP contribution in [0, 0.1) is 6.92 Å². The lowest BCUT2D eigenvalue weighted by Crippen LogP contribution is -2.39. The van der Waals surface area contributed by atoms with Gasteiger partial charge >= 0.3 is 5.97 Å². The van der Waals surface area contributed by atoms with Gasteiger partial charge in [0.05, 0.1) is 21.8 Å². The molecule has 0 fully saturated rings. The Balaban J connectivity index is 1.93. The average Bonchev–Trinajstić information content (AvgIpc) is 3.28. The molecule has 0 bridgehead atoms. The van der Waals surface area contributed by atoms with Gasteiger partial charge in [0.2, 0.25) is 0 Å². The lowest BCUT2D eigenvalue weighted by atomic mass is 9.96. The second-order valence-electron chi connectivity index (χ2n) is 6.83.